The van der Waals surface area contributed by atoms with Gasteiger partial charge in [-0.25, -0.2) is 4.98 Å². The summed E-state index contributed by atoms with van der Waals surface area (Å²) < 4.78 is 1.93. The number of fused-ring (bicyclic) bond motifs is 1. The Morgan fingerprint density at radius 3 is 2.87 bits per heavy atom. The molecule has 2 amide bonds. The quantitative estimate of drug-likeness (QED) is 0.654. The minimum absolute atomic E-state index is 0.0393. The van der Waals surface area contributed by atoms with Crippen LogP contribution in [0, 0.1) is 5.92 Å². The fourth-order valence-electron chi connectivity index (χ4n) is 3.11. The lowest BCUT2D eigenvalue weighted by Gasteiger charge is -2.30. The molecule has 23 heavy (non-hydrogen) atoms. The second-order valence-corrected chi connectivity index (χ2v) is 6.40. The first-order valence-electron chi connectivity index (χ1n) is 8.42. The van der Waals surface area contributed by atoms with E-state index in [-0.39, 0.29) is 24.3 Å². The molecule has 3 rings (SSSR count). The van der Waals surface area contributed by atoms with Gasteiger partial charge in [0, 0.05) is 25.7 Å². The number of imidazole rings is 1. The molecule has 1 saturated carbocycles. The lowest BCUT2D eigenvalue weighted by molar-refractivity contribution is -0.127. The molecule has 1 aliphatic carbocycles. The van der Waals surface area contributed by atoms with Crippen LogP contribution in [0.25, 0.3) is 0 Å². The van der Waals surface area contributed by atoms with Crippen molar-refractivity contribution in [2.75, 3.05) is 13.2 Å². The summed E-state index contributed by atoms with van der Waals surface area (Å²) in [6, 6.07) is 0.361. The molecule has 0 radical (unpaired) electrons. The highest BCUT2D eigenvalue weighted by molar-refractivity contribution is 5.93. The Labute approximate surface area is 135 Å². The van der Waals surface area contributed by atoms with Gasteiger partial charge in [0.15, 0.2) is 0 Å². The average molecular weight is 320 g/mol. The largest absolute Gasteiger partial charge is 0.396 e. The lowest BCUT2D eigenvalue weighted by Crippen LogP contribution is -2.44. The van der Waals surface area contributed by atoms with Crippen LogP contribution in [0.4, 0.5) is 0 Å². The van der Waals surface area contributed by atoms with Crippen molar-refractivity contribution in [2.24, 2.45) is 5.92 Å². The maximum atomic E-state index is 12.3. The highest BCUT2D eigenvalue weighted by atomic mass is 16.3. The van der Waals surface area contributed by atoms with Crippen molar-refractivity contribution >= 4 is 11.8 Å². The number of nitrogens with one attached hydrogen (secondary N) is 2. The number of aliphatic hydroxyl groups is 1. The van der Waals surface area contributed by atoms with E-state index >= 15 is 0 Å². The van der Waals surface area contributed by atoms with Crippen LogP contribution in [0.5, 0.6) is 0 Å². The molecule has 0 spiro atoms. The fraction of sp³-hybridized carbons (Fsp3) is 0.688. The number of carbonyl (C=O) groups is 2. The van der Waals surface area contributed by atoms with E-state index in [1.165, 1.54) is 6.42 Å². The van der Waals surface area contributed by atoms with Crippen molar-refractivity contribution < 1.29 is 14.7 Å². The number of amides is 2. The number of carbonyl (C=O) groups excluding carboxylic acids is 2. The number of hydrogen-bond acceptors (Lipinski definition) is 4. The van der Waals surface area contributed by atoms with E-state index in [2.05, 4.69) is 15.6 Å². The van der Waals surface area contributed by atoms with Crippen molar-refractivity contribution in [3.05, 3.63) is 17.7 Å². The van der Waals surface area contributed by atoms with Gasteiger partial charge < -0.3 is 20.3 Å². The predicted molar refractivity (Wildman–Crippen MR) is 83.9 cm³/mol. The predicted octanol–water partition coefficient (Wildman–Crippen LogP) is 0.226. The Morgan fingerprint density at radius 1 is 1.35 bits per heavy atom. The standard InChI is InChI=1S/C16H24N4O3/c21-8-2-7-17-16(23)14-13-6-5-11(9-20(13)10-18-14)15(22)19-12-3-1-4-12/h10-12,21H,1-9H2,(H,17,23)(H,19,22). The number of aromatic nitrogens is 2. The van der Waals surface area contributed by atoms with Crippen molar-refractivity contribution in [3.8, 4) is 0 Å². The van der Waals surface area contributed by atoms with Crippen LogP contribution in [0.2, 0.25) is 0 Å². The van der Waals surface area contributed by atoms with E-state index in [0.29, 0.717) is 37.7 Å². The monoisotopic (exact) mass is 320 g/mol. The van der Waals surface area contributed by atoms with Crippen LogP contribution in [0.3, 0.4) is 0 Å². The van der Waals surface area contributed by atoms with Crippen LogP contribution in [-0.4, -0.2) is 45.7 Å². The molecule has 1 aliphatic heterocycles. The molecular formula is C16H24N4O3. The highest BCUT2D eigenvalue weighted by Crippen LogP contribution is 2.24. The minimum atomic E-state index is -0.204. The van der Waals surface area contributed by atoms with Gasteiger partial charge in [-0.1, -0.05) is 0 Å². The van der Waals surface area contributed by atoms with Crippen LogP contribution in [0.15, 0.2) is 6.33 Å². The molecule has 1 aromatic rings. The molecule has 7 heteroatoms. The summed E-state index contributed by atoms with van der Waals surface area (Å²) in [7, 11) is 0. The van der Waals surface area contributed by atoms with Crippen LogP contribution < -0.4 is 10.6 Å². The Bertz CT molecular complexity index is 580. The highest BCUT2D eigenvalue weighted by Gasteiger charge is 2.30. The van der Waals surface area contributed by atoms with E-state index in [1.807, 2.05) is 4.57 Å². The van der Waals surface area contributed by atoms with E-state index in [1.54, 1.807) is 6.33 Å². The molecule has 1 aromatic heterocycles. The summed E-state index contributed by atoms with van der Waals surface area (Å²) in [5.41, 5.74) is 1.35. The fourth-order valence-corrected chi connectivity index (χ4v) is 3.11. The molecule has 1 fully saturated rings. The molecular weight excluding hydrogens is 296 g/mol. The lowest BCUT2D eigenvalue weighted by atomic mass is 9.91. The Hall–Kier alpha value is -1.89. The second-order valence-electron chi connectivity index (χ2n) is 6.40. The first-order valence-corrected chi connectivity index (χ1v) is 8.42. The molecule has 3 N–H and O–H groups in total. The maximum Gasteiger partial charge on any atom is 0.271 e. The summed E-state index contributed by atoms with van der Waals surface area (Å²) in [6.07, 6.45) is 7.01. The van der Waals surface area contributed by atoms with Gasteiger partial charge in [-0.15, -0.1) is 0 Å². The Kier molecular flexibility index (Phi) is 4.95. The van der Waals surface area contributed by atoms with E-state index < -0.39 is 0 Å². The summed E-state index contributed by atoms with van der Waals surface area (Å²) in [5.74, 6) is -0.116. The van der Waals surface area contributed by atoms with E-state index in [0.717, 1.165) is 25.0 Å². The topological polar surface area (TPSA) is 96.2 Å². The number of rotatable bonds is 6. The van der Waals surface area contributed by atoms with Gasteiger partial charge in [0.25, 0.3) is 5.91 Å². The normalized spacial score (nSPS) is 20.5. The van der Waals surface area contributed by atoms with Crippen LogP contribution >= 0.6 is 0 Å². The summed E-state index contributed by atoms with van der Waals surface area (Å²) in [4.78, 5) is 28.6. The second kappa shape index (κ2) is 7.12. The Morgan fingerprint density at radius 2 is 2.17 bits per heavy atom. The zero-order valence-corrected chi connectivity index (χ0v) is 13.3. The minimum Gasteiger partial charge on any atom is -0.396 e. The molecule has 2 aliphatic rings. The molecule has 1 unspecified atom stereocenters. The van der Waals surface area contributed by atoms with E-state index in [4.69, 9.17) is 5.11 Å². The van der Waals surface area contributed by atoms with Crippen LogP contribution in [-0.2, 0) is 17.8 Å². The van der Waals surface area contributed by atoms with Crippen molar-refractivity contribution in [3.63, 3.8) is 0 Å². The molecule has 1 atom stereocenters. The smallest absolute Gasteiger partial charge is 0.271 e. The maximum absolute atomic E-state index is 12.3. The van der Waals surface area contributed by atoms with Gasteiger partial charge in [0.05, 0.1) is 17.9 Å². The number of hydrogen-bond donors (Lipinski definition) is 3. The van der Waals surface area contributed by atoms with Gasteiger partial charge in [0.1, 0.15) is 5.69 Å². The molecule has 0 bridgehead atoms. The first kappa shape index (κ1) is 16.0. The van der Waals surface area contributed by atoms with Crippen molar-refractivity contribution in [1.82, 2.24) is 20.2 Å². The van der Waals surface area contributed by atoms with Crippen molar-refractivity contribution in [1.29, 1.82) is 0 Å². The third-order valence-electron chi connectivity index (χ3n) is 4.75. The van der Waals surface area contributed by atoms with E-state index in [9.17, 15) is 9.59 Å². The molecule has 126 valence electrons. The zero-order chi connectivity index (χ0) is 16.2. The summed E-state index contributed by atoms with van der Waals surface area (Å²) >= 11 is 0. The van der Waals surface area contributed by atoms with Gasteiger partial charge in [-0.2, -0.15) is 0 Å². The molecule has 0 aromatic carbocycles. The third-order valence-corrected chi connectivity index (χ3v) is 4.75. The molecule has 0 saturated heterocycles. The Balaban J connectivity index is 1.59. The van der Waals surface area contributed by atoms with Gasteiger partial charge >= 0.3 is 0 Å². The van der Waals surface area contributed by atoms with Gasteiger partial charge in [0.2, 0.25) is 5.91 Å². The molecule has 2 heterocycles. The molecule has 7 nitrogen and oxygen atoms in total. The third kappa shape index (κ3) is 3.55. The SMILES string of the molecule is O=C(NCCCO)c1ncn2c1CCC(C(=O)NC1CCC1)C2. The number of aliphatic hydroxyl groups excluding tert-OH is 1. The first-order chi connectivity index (χ1) is 11.2. The van der Waals surface area contributed by atoms with Crippen LogP contribution in [0.1, 0.15) is 48.3 Å². The summed E-state index contributed by atoms with van der Waals surface area (Å²) in [6.45, 7) is 1.08. The average Bonchev–Trinajstić information content (AvgIpc) is 2.94. The van der Waals surface area contributed by atoms with Gasteiger partial charge in [-0.05, 0) is 38.5 Å². The van der Waals surface area contributed by atoms with Crippen molar-refractivity contribution in [2.45, 2.75) is 51.1 Å². The van der Waals surface area contributed by atoms with Gasteiger partial charge in [-0.3, -0.25) is 9.59 Å². The zero-order valence-electron chi connectivity index (χ0n) is 13.3. The summed E-state index contributed by atoms with van der Waals surface area (Å²) in [5, 5.41) is 14.6. The number of nitrogens with zero attached hydrogens (tertiary/aromatic N) is 2.